The van der Waals surface area contributed by atoms with E-state index in [2.05, 4.69) is 0 Å². The van der Waals surface area contributed by atoms with E-state index in [1.165, 1.54) is 24.3 Å². The van der Waals surface area contributed by atoms with Crippen LogP contribution in [0.2, 0.25) is 5.02 Å². The molecule has 1 aromatic carbocycles. The van der Waals surface area contributed by atoms with Crippen LogP contribution in [0.15, 0.2) is 33.9 Å². The molecule has 0 saturated heterocycles. The van der Waals surface area contributed by atoms with Crippen LogP contribution < -0.4 is 11.2 Å². The highest BCUT2D eigenvalue weighted by Crippen LogP contribution is 2.17. The molecule has 0 amide bonds. The number of benzene rings is 1. The van der Waals surface area contributed by atoms with Gasteiger partial charge in [0.1, 0.15) is 5.56 Å². The molecule has 0 saturated carbocycles. The van der Waals surface area contributed by atoms with Crippen LogP contribution >= 0.6 is 11.6 Å². The van der Waals surface area contributed by atoms with Crippen LogP contribution in [0.3, 0.4) is 0 Å². The summed E-state index contributed by atoms with van der Waals surface area (Å²) in [7, 11) is 0. The summed E-state index contributed by atoms with van der Waals surface area (Å²) in [5, 5.41) is 17.4. The SMILES string of the molecule is N=Cc1c(O)n(-c2ccc(Cl)cc2)c(=O)[nH]c1=O. The molecular formula is C11H8ClN3O3. The summed E-state index contributed by atoms with van der Waals surface area (Å²) in [6.07, 6.45) is 0.681. The fraction of sp³-hybridized carbons (Fsp3) is 0. The Morgan fingerprint density at radius 2 is 1.89 bits per heavy atom. The lowest BCUT2D eigenvalue weighted by atomic mass is 10.3. The van der Waals surface area contributed by atoms with Gasteiger partial charge in [0, 0.05) is 11.2 Å². The Balaban J connectivity index is 2.79. The van der Waals surface area contributed by atoms with Crippen molar-refractivity contribution in [3.63, 3.8) is 0 Å². The van der Waals surface area contributed by atoms with Gasteiger partial charge in [0.25, 0.3) is 5.56 Å². The van der Waals surface area contributed by atoms with Crippen molar-refractivity contribution in [1.82, 2.24) is 9.55 Å². The summed E-state index contributed by atoms with van der Waals surface area (Å²) in [5.74, 6) is -0.582. The monoisotopic (exact) mass is 265 g/mol. The number of nitrogens with one attached hydrogen (secondary N) is 2. The third-order valence-electron chi connectivity index (χ3n) is 2.35. The maximum Gasteiger partial charge on any atom is 0.335 e. The Hall–Kier alpha value is -2.34. The standard InChI is InChI=1S/C11H8ClN3O3/c12-6-1-3-7(4-2-6)15-10(17)8(5-13)9(16)14-11(15)18/h1-5,13,17H,(H,14,16,18). The number of hydrogen-bond donors (Lipinski definition) is 3. The van der Waals surface area contributed by atoms with Crippen molar-refractivity contribution in [3.8, 4) is 11.6 Å². The number of halogens is 1. The van der Waals surface area contributed by atoms with Crippen molar-refractivity contribution in [2.24, 2.45) is 0 Å². The summed E-state index contributed by atoms with van der Waals surface area (Å²) in [6, 6.07) is 6.10. The number of aromatic hydroxyl groups is 1. The number of rotatable bonds is 2. The largest absolute Gasteiger partial charge is 0.493 e. The van der Waals surface area contributed by atoms with E-state index in [0.717, 1.165) is 4.57 Å². The molecule has 0 spiro atoms. The molecule has 2 rings (SSSR count). The van der Waals surface area contributed by atoms with Gasteiger partial charge in [-0.15, -0.1) is 0 Å². The molecule has 6 nitrogen and oxygen atoms in total. The first-order valence-corrected chi connectivity index (χ1v) is 5.27. The predicted octanol–water partition coefficient (Wildman–Crippen LogP) is 0.882. The lowest BCUT2D eigenvalue weighted by molar-refractivity contribution is 0.430. The first-order chi connectivity index (χ1) is 8.54. The van der Waals surface area contributed by atoms with E-state index in [4.69, 9.17) is 17.0 Å². The van der Waals surface area contributed by atoms with Crippen LogP contribution in [0.1, 0.15) is 5.56 Å². The normalized spacial score (nSPS) is 10.3. The van der Waals surface area contributed by atoms with Gasteiger partial charge in [-0.3, -0.25) is 9.78 Å². The van der Waals surface area contributed by atoms with Gasteiger partial charge in [-0.1, -0.05) is 11.6 Å². The van der Waals surface area contributed by atoms with Crippen LogP contribution in [0, 0.1) is 5.41 Å². The van der Waals surface area contributed by atoms with Crippen molar-refractivity contribution < 1.29 is 5.11 Å². The van der Waals surface area contributed by atoms with Gasteiger partial charge in [0.2, 0.25) is 5.88 Å². The van der Waals surface area contributed by atoms with Crippen molar-refractivity contribution >= 4 is 17.8 Å². The Kier molecular flexibility index (Phi) is 3.03. The van der Waals surface area contributed by atoms with Crippen LogP contribution in [-0.4, -0.2) is 20.9 Å². The molecule has 7 heteroatoms. The van der Waals surface area contributed by atoms with Gasteiger partial charge in [0.15, 0.2) is 0 Å². The topological polar surface area (TPSA) is 98.9 Å². The van der Waals surface area contributed by atoms with Gasteiger partial charge in [0.05, 0.1) is 5.69 Å². The maximum absolute atomic E-state index is 11.7. The van der Waals surface area contributed by atoms with Gasteiger partial charge in [-0.2, -0.15) is 0 Å². The Labute approximate surface area is 106 Å². The third-order valence-corrected chi connectivity index (χ3v) is 2.60. The zero-order valence-corrected chi connectivity index (χ0v) is 9.73. The predicted molar refractivity (Wildman–Crippen MR) is 67.2 cm³/mol. The van der Waals surface area contributed by atoms with Gasteiger partial charge < -0.3 is 10.5 Å². The Morgan fingerprint density at radius 3 is 2.44 bits per heavy atom. The van der Waals surface area contributed by atoms with Gasteiger partial charge in [-0.05, 0) is 24.3 Å². The minimum Gasteiger partial charge on any atom is -0.493 e. The van der Waals surface area contributed by atoms with E-state index in [1.807, 2.05) is 4.98 Å². The smallest absolute Gasteiger partial charge is 0.335 e. The van der Waals surface area contributed by atoms with E-state index in [1.54, 1.807) is 0 Å². The van der Waals surface area contributed by atoms with E-state index in [0.29, 0.717) is 16.9 Å². The van der Waals surface area contributed by atoms with E-state index < -0.39 is 17.1 Å². The van der Waals surface area contributed by atoms with E-state index >= 15 is 0 Å². The van der Waals surface area contributed by atoms with Crippen molar-refractivity contribution in [2.75, 3.05) is 0 Å². The first-order valence-electron chi connectivity index (χ1n) is 4.89. The number of aromatic nitrogens is 2. The quantitative estimate of drug-likeness (QED) is 0.703. The molecule has 0 radical (unpaired) electrons. The Bertz CT molecular complexity index is 716. The molecule has 0 unspecified atom stereocenters. The summed E-state index contributed by atoms with van der Waals surface area (Å²) < 4.78 is 0.887. The molecule has 3 N–H and O–H groups in total. The summed E-state index contributed by atoms with van der Waals surface area (Å²) in [4.78, 5) is 25.0. The lowest BCUT2D eigenvalue weighted by Crippen LogP contribution is -2.31. The molecule has 1 aromatic heterocycles. The second-order valence-electron chi connectivity index (χ2n) is 3.45. The van der Waals surface area contributed by atoms with Gasteiger partial charge >= 0.3 is 5.69 Å². The number of hydrogen-bond acceptors (Lipinski definition) is 4. The van der Waals surface area contributed by atoms with Crippen LogP contribution in [0.5, 0.6) is 5.88 Å². The minimum atomic E-state index is -0.808. The molecule has 2 aromatic rings. The zero-order valence-electron chi connectivity index (χ0n) is 8.98. The number of nitrogens with zero attached hydrogens (tertiary/aromatic N) is 1. The van der Waals surface area contributed by atoms with E-state index in [9.17, 15) is 14.7 Å². The molecule has 0 aliphatic rings. The van der Waals surface area contributed by atoms with Crippen LogP contribution in [-0.2, 0) is 0 Å². The number of H-pyrrole nitrogens is 1. The van der Waals surface area contributed by atoms with Gasteiger partial charge in [-0.25, -0.2) is 9.36 Å². The summed E-state index contributed by atoms with van der Waals surface area (Å²) >= 11 is 5.72. The average molecular weight is 266 g/mol. The van der Waals surface area contributed by atoms with Crippen LogP contribution in [0.4, 0.5) is 0 Å². The molecule has 92 valence electrons. The molecule has 0 fully saturated rings. The average Bonchev–Trinajstić information content (AvgIpc) is 2.31. The van der Waals surface area contributed by atoms with Crippen molar-refractivity contribution in [2.45, 2.75) is 0 Å². The Morgan fingerprint density at radius 1 is 1.28 bits per heavy atom. The number of aromatic amines is 1. The molecule has 0 atom stereocenters. The second-order valence-corrected chi connectivity index (χ2v) is 3.89. The highest BCUT2D eigenvalue weighted by Gasteiger charge is 2.13. The summed E-state index contributed by atoms with van der Waals surface area (Å²) in [6.45, 7) is 0. The minimum absolute atomic E-state index is 0.287. The first kappa shape index (κ1) is 12.1. The fourth-order valence-corrected chi connectivity index (χ4v) is 1.62. The lowest BCUT2D eigenvalue weighted by Gasteiger charge is -2.09. The molecular weight excluding hydrogens is 258 g/mol. The van der Waals surface area contributed by atoms with E-state index in [-0.39, 0.29) is 5.56 Å². The summed E-state index contributed by atoms with van der Waals surface area (Å²) in [5.41, 5.74) is -1.55. The fourth-order valence-electron chi connectivity index (χ4n) is 1.50. The highest BCUT2D eigenvalue weighted by atomic mass is 35.5. The maximum atomic E-state index is 11.7. The van der Waals surface area contributed by atoms with Crippen LogP contribution in [0.25, 0.3) is 5.69 Å². The molecule has 0 bridgehead atoms. The molecule has 18 heavy (non-hydrogen) atoms. The molecule has 0 aliphatic heterocycles. The third kappa shape index (κ3) is 1.93. The zero-order chi connectivity index (χ0) is 13.3. The molecule has 1 heterocycles. The molecule has 0 aliphatic carbocycles. The van der Waals surface area contributed by atoms with Crippen molar-refractivity contribution in [1.29, 1.82) is 5.41 Å². The second kappa shape index (κ2) is 4.50. The highest BCUT2D eigenvalue weighted by molar-refractivity contribution is 6.30. The van der Waals surface area contributed by atoms with Crippen molar-refractivity contribution in [3.05, 3.63) is 55.7 Å².